The van der Waals surface area contributed by atoms with Gasteiger partial charge in [0.25, 0.3) is 0 Å². The van der Waals surface area contributed by atoms with Crippen molar-refractivity contribution in [2.75, 3.05) is 13.2 Å². The number of aliphatic hydroxyl groups is 1. The van der Waals surface area contributed by atoms with E-state index in [1.54, 1.807) is 0 Å². The van der Waals surface area contributed by atoms with Crippen molar-refractivity contribution in [2.24, 2.45) is 5.41 Å². The normalized spacial score (nSPS) is 18.5. The van der Waals surface area contributed by atoms with E-state index in [-0.39, 0.29) is 16.0 Å². The number of carboxylic acid groups (broad SMARTS) is 1. The van der Waals surface area contributed by atoms with Crippen molar-refractivity contribution in [3.05, 3.63) is 22.7 Å². The Bertz CT molecular complexity index is 512. The van der Waals surface area contributed by atoms with Gasteiger partial charge in [0.2, 0.25) is 0 Å². The third-order valence-corrected chi connectivity index (χ3v) is 3.16. The topological polar surface area (TPSA) is 76.0 Å². The van der Waals surface area contributed by atoms with Crippen molar-refractivity contribution in [1.82, 2.24) is 0 Å². The highest BCUT2D eigenvalue weighted by Gasteiger charge is 2.28. The van der Waals surface area contributed by atoms with Gasteiger partial charge in [0.1, 0.15) is 0 Å². The summed E-state index contributed by atoms with van der Waals surface area (Å²) >= 11 is 5.97. The fourth-order valence-corrected chi connectivity index (χ4v) is 1.96. The number of rotatable bonds is 2. The van der Waals surface area contributed by atoms with Gasteiger partial charge < -0.3 is 19.7 Å². The van der Waals surface area contributed by atoms with E-state index in [9.17, 15) is 9.90 Å². The number of aliphatic hydroxyl groups excluding tert-OH is 1. The molecule has 2 rings (SSSR count). The molecular weight excluding hydrogens is 272 g/mol. The van der Waals surface area contributed by atoms with Crippen LogP contribution in [0.1, 0.15) is 25.5 Å². The number of carbonyl (C=O) groups is 1. The molecule has 5 nitrogen and oxygen atoms in total. The second-order valence-electron chi connectivity index (χ2n) is 5.30. The number of carboxylic acids is 1. The number of benzene rings is 1. The Kier molecular flexibility index (Phi) is 3.60. The van der Waals surface area contributed by atoms with E-state index >= 15 is 0 Å². The molecule has 6 heteroatoms. The summed E-state index contributed by atoms with van der Waals surface area (Å²) in [6.07, 6.45) is -1.68. The van der Waals surface area contributed by atoms with Crippen LogP contribution in [-0.4, -0.2) is 29.4 Å². The third-order valence-electron chi connectivity index (χ3n) is 2.83. The van der Waals surface area contributed by atoms with Gasteiger partial charge in [-0.05, 0) is 6.07 Å². The lowest BCUT2D eigenvalue weighted by Gasteiger charge is -2.19. The maximum absolute atomic E-state index is 10.8. The van der Waals surface area contributed by atoms with Crippen LogP contribution in [0.25, 0.3) is 0 Å². The van der Waals surface area contributed by atoms with E-state index in [2.05, 4.69) is 0 Å². The summed E-state index contributed by atoms with van der Waals surface area (Å²) in [7, 11) is 0. The minimum absolute atomic E-state index is 0.0937. The van der Waals surface area contributed by atoms with Crippen LogP contribution in [0.15, 0.2) is 12.1 Å². The van der Waals surface area contributed by atoms with Gasteiger partial charge in [0, 0.05) is 17.0 Å². The standard InChI is InChI=1S/C13H15ClO5/c1-13(2)5-18-9-3-7(11(15)12(16)17)8(14)4-10(9)19-6-13/h3-4,11,15H,5-6H2,1-2H3,(H,16,17). The molecule has 0 aromatic heterocycles. The van der Waals surface area contributed by atoms with Crippen LogP contribution in [0.2, 0.25) is 5.02 Å². The zero-order valence-electron chi connectivity index (χ0n) is 10.6. The number of hydrogen-bond donors (Lipinski definition) is 2. The summed E-state index contributed by atoms with van der Waals surface area (Å²) in [5.41, 5.74) is -0.0620. The highest BCUT2D eigenvalue weighted by Crippen LogP contribution is 2.39. The summed E-state index contributed by atoms with van der Waals surface area (Å²) in [4.78, 5) is 10.8. The van der Waals surface area contributed by atoms with Gasteiger partial charge in [-0.1, -0.05) is 25.4 Å². The fourth-order valence-electron chi connectivity index (χ4n) is 1.71. The lowest BCUT2D eigenvalue weighted by atomic mass is 9.97. The summed E-state index contributed by atoms with van der Waals surface area (Å²) in [5, 5.41) is 18.5. The summed E-state index contributed by atoms with van der Waals surface area (Å²) in [6.45, 7) is 4.89. The second-order valence-corrected chi connectivity index (χ2v) is 5.71. The molecule has 0 fully saturated rings. The molecule has 1 unspecified atom stereocenters. The van der Waals surface area contributed by atoms with Gasteiger partial charge in [-0.25, -0.2) is 4.79 Å². The van der Waals surface area contributed by atoms with Crippen LogP contribution >= 0.6 is 11.6 Å². The van der Waals surface area contributed by atoms with E-state index in [0.29, 0.717) is 24.7 Å². The lowest BCUT2D eigenvalue weighted by Crippen LogP contribution is -2.26. The number of aliphatic carboxylic acids is 1. The summed E-state index contributed by atoms with van der Waals surface area (Å²) in [6, 6.07) is 2.89. The van der Waals surface area contributed by atoms with Crippen molar-refractivity contribution < 1.29 is 24.5 Å². The number of hydrogen-bond acceptors (Lipinski definition) is 4. The monoisotopic (exact) mass is 286 g/mol. The Labute approximate surface area is 115 Å². The van der Waals surface area contributed by atoms with Crippen molar-refractivity contribution in [3.8, 4) is 11.5 Å². The van der Waals surface area contributed by atoms with Crippen molar-refractivity contribution in [3.63, 3.8) is 0 Å². The number of ether oxygens (including phenoxy) is 2. The molecule has 0 saturated carbocycles. The van der Waals surface area contributed by atoms with Crippen LogP contribution in [0, 0.1) is 5.41 Å². The Hall–Kier alpha value is -1.46. The Morgan fingerprint density at radius 3 is 2.37 bits per heavy atom. The molecule has 1 aliphatic heterocycles. The lowest BCUT2D eigenvalue weighted by molar-refractivity contribution is -0.146. The molecule has 0 aliphatic carbocycles. The van der Waals surface area contributed by atoms with Gasteiger partial charge in [0.05, 0.1) is 18.2 Å². The molecule has 1 aliphatic rings. The molecule has 1 atom stereocenters. The second kappa shape index (κ2) is 4.90. The minimum atomic E-state index is -1.68. The summed E-state index contributed by atoms with van der Waals surface area (Å²) in [5.74, 6) is -0.515. The van der Waals surface area contributed by atoms with Gasteiger partial charge in [-0.3, -0.25) is 0 Å². The Morgan fingerprint density at radius 2 is 1.84 bits per heavy atom. The van der Waals surface area contributed by atoms with Crippen molar-refractivity contribution >= 4 is 17.6 Å². The average Bonchev–Trinajstić information content (AvgIpc) is 2.47. The van der Waals surface area contributed by atoms with Crippen LogP contribution in [0.5, 0.6) is 11.5 Å². The van der Waals surface area contributed by atoms with Crippen LogP contribution in [-0.2, 0) is 4.79 Å². The van der Waals surface area contributed by atoms with Crippen LogP contribution in [0.3, 0.4) is 0 Å². The number of fused-ring (bicyclic) bond motifs is 1. The molecule has 0 radical (unpaired) electrons. The van der Waals surface area contributed by atoms with E-state index in [0.717, 1.165) is 0 Å². The van der Waals surface area contributed by atoms with Gasteiger partial charge in [-0.15, -0.1) is 0 Å². The first-order chi connectivity index (χ1) is 8.80. The molecule has 1 heterocycles. The van der Waals surface area contributed by atoms with Gasteiger partial charge in [0.15, 0.2) is 17.6 Å². The predicted molar refractivity (Wildman–Crippen MR) is 68.8 cm³/mol. The molecule has 2 N–H and O–H groups in total. The van der Waals surface area contributed by atoms with E-state index in [1.165, 1.54) is 12.1 Å². The first kappa shape index (κ1) is 14.0. The maximum atomic E-state index is 10.8. The number of halogens is 1. The van der Waals surface area contributed by atoms with Gasteiger partial charge in [-0.2, -0.15) is 0 Å². The maximum Gasteiger partial charge on any atom is 0.337 e. The van der Waals surface area contributed by atoms with E-state index in [1.807, 2.05) is 13.8 Å². The molecule has 0 saturated heterocycles. The van der Waals surface area contributed by atoms with Gasteiger partial charge >= 0.3 is 5.97 Å². The molecular formula is C13H15ClO5. The zero-order valence-corrected chi connectivity index (χ0v) is 11.4. The zero-order chi connectivity index (χ0) is 14.2. The van der Waals surface area contributed by atoms with E-state index < -0.39 is 12.1 Å². The molecule has 0 spiro atoms. The third kappa shape index (κ3) is 2.93. The molecule has 104 valence electrons. The molecule has 19 heavy (non-hydrogen) atoms. The molecule has 1 aromatic rings. The summed E-state index contributed by atoms with van der Waals surface area (Å²) < 4.78 is 11.2. The first-order valence-corrected chi connectivity index (χ1v) is 6.18. The SMILES string of the molecule is CC1(C)COc2cc(Cl)c(C(O)C(=O)O)cc2OC1. The highest BCUT2D eigenvalue weighted by atomic mass is 35.5. The van der Waals surface area contributed by atoms with Crippen LogP contribution in [0.4, 0.5) is 0 Å². The fraction of sp³-hybridized carbons (Fsp3) is 0.462. The molecule has 0 bridgehead atoms. The minimum Gasteiger partial charge on any atom is -0.489 e. The highest BCUT2D eigenvalue weighted by molar-refractivity contribution is 6.31. The Balaban J connectivity index is 2.39. The van der Waals surface area contributed by atoms with Crippen molar-refractivity contribution in [1.29, 1.82) is 0 Å². The smallest absolute Gasteiger partial charge is 0.337 e. The molecule has 1 aromatic carbocycles. The van der Waals surface area contributed by atoms with Crippen molar-refractivity contribution in [2.45, 2.75) is 20.0 Å². The van der Waals surface area contributed by atoms with E-state index in [4.69, 9.17) is 26.2 Å². The average molecular weight is 287 g/mol. The predicted octanol–water partition coefficient (Wildman–Crippen LogP) is 2.26. The Morgan fingerprint density at radius 1 is 1.32 bits per heavy atom. The quantitative estimate of drug-likeness (QED) is 0.872. The first-order valence-electron chi connectivity index (χ1n) is 5.80. The molecule has 0 amide bonds. The largest absolute Gasteiger partial charge is 0.489 e. The van der Waals surface area contributed by atoms with Crippen LogP contribution < -0.4 is 9.47 Å².